The lowest BCUT2D eigenvalue weighted by atomic mass is 10.1. The number of hydrogen-bond acceptors (Lipinski definition) is 5. The van der Waals surface area contributed by atoms with Crippen LogP contribution in [0.25, 0.3) is 0 Å². The predicted octanol–water partition coefficient (Wildman–Crippen LogP) is 2.69. The minimum Gasteiger partial charge on any atom is -0.386 e. The molecule has 0 saturated carbocycles. The molecular formula is C22H25N5O4. The Morgan fingerprint density at radius 3 is 2.39 bits per heavy atom. The molecule has 1 fully saturated rings. The van der Waals surface area contributed by atoms with E-state index in [1.54, 1.807) is 36.2 Å². The zero-order chi connectivity index (χ0) is 22.1. The van der Waals surface area contributed by atoms with Gasteiger partial charge >= 0.3 is 6.03 Å². The second-order valence-electron chi connectivity index (χ2n) is 6.92. The molecule has 0 radical (unpaired) electrons. The minimum atomic E-state index is -0.377. The van der Waals surface area contributed by atoms with E-state index in [1.165, 1.54) is 0 Å². The quantitative estimate of drug-likeness (QED) is 0.620. The molecular weight excluding hydrogens is 398 g/mol. The Balaban J connectivity index is 1.40. The highest BCUT2D eigenvalue weighted by Crippen LogP contribution is 2.13. The Morgan fingerprint density at radius 1 is 0.968 bits per heavy atom. The molecule has 3 rings (SSSR count). The summed E-state index contributed by atoms with van der Waals surface area (Å²) in [6, 6.07) is 15.7. The molecule has 0 spiro atoms. The van der Waals surface area contributed by atoms with Crippen LogP contribution in [-0.2, 0) is 9.63 Å². The van der Waals surface area contributed by atoms with Gasteiger partial charge in [0.05, 0.1) is 5.71 Å². The lowest BCUT2D eigenvalue weighted by molar-refractivity contribution is -0.120. The predicted molar refractivity (Wildman–Crippen MR) is 118 cm³/mol. The number of oxime groups is 1. The number of carbonyl (C=O) groups is 3. The van der Waals surface area contributed by atoms with Crippen LogP contribution < -0.4 is 16.0 Å². The van der Waals surface area contributed by atoms with E-state index in [-0.39, 0.29) is 24.5 Å². The van der Waals surface area contributed by atoms with Crippen LogP contribution in [0.15, 0.2) is 59.8 Å². The monoisotopic (exact) mass is 423 g/mol. The molecule has 0 unspecified atom stereocenters. The summed E-state index contributed by atoms with van der Waals surface area (Å²) in [6.07, 6.45) is 1.16. The normalized spacial score (nSPS) is 13.2. The first-order chi connectivity index (χ1) is 15.0. The van der Waals surface area contributed by atoms with Gasteiger partial charge in [0.25, 0.3) is 11.8 Å². The van der Waals surface area contributed by atoms with Crippen molar-refractivity contribution in [3.8, 4) is 0 Å². The largest absolute Gasteiger partial charge is 0.386 e. The van der Waals surface area contributed by atoms with Gasteiger partial charge in [-0.2, -0.15) is 0 Å². The third kappa shape index (κ3) is 6.56. The Labute approximate surface area is 180 Å². The standard InChI is InChI=1S/C22H25N5O4/c1-23-21(29)16-6-5-9-19(14-16)24-20(28)15-31-26-18-10-12-27(13-11-18)22(30)25-17-7-3-2-4-8-17/h2-9,14H,10-13,15H2,1H3,(H,23,29)(H,24,28)(H,25,30). The van der Waals surface area contributed by atoms with Crippen LogP contribution in [0.1, 0.15) is 23.2 Å². The highest BCUT2D eigenvalue weighted by Gasteiger charge is 2.20. The fourth-order valence-corrected chi connectivity index (χ4v) is 3.05. The lowest BCUT2D eigenvalue weighted by Gasteiger charge is -2.27. The third-order valence-electron chi connectivity index (χ3n) is 4.68. The zero-order valence-electron chi connectivity index (χ0n) is 17.3. The van der Waals surface area contributed by atoms with E-state index in [0.29, 0.717) is 37.2 Å². The first kappa shape index (κ1) is 21.8. The summed E-state index contributed by atoms with van der Waals surface area (Å²) in [5.41, 5.74) is 2.50. The van der Waals surface area contributed by atoms with Crippen molar-refractivity contribution in [2.75, 3.05) is 37.4 Å². The van der Waals surface area contributed by atoms with Crippen LogP contribution in [0.2, 0.25) is 0 Å². The van der Waals surface area contributed by atoms with E-state index in [0.717, 1.165) is 11.4 Å². The van der Waals surface area contributed by atoms with Gasteiger partial charge in [-0.3, -0.25) is 9.59 Å². The number of likely N-dealkylation sites (tertiary alicyclic amines) is 1. The Bertz CT molecular complexity index is 951. The second kappa shape index (κ2) is 10.8. The molecule has 9 heteroatoms. The highest BCUT2D eigenvalue weighted by molar-refractivity contribution is 5.97. The summed E-state index contributed by atoms with van der Waals surface area (Å²) in [7, 11) is 1.54. The van der Waals surface area contributed by atoms with Gasteiger partial charge < -0.3 is 25.7 Å². The molecule has 31 heavy (non-hydrogen) atoms. The molecule has 1 saturated heterocycles. The first-order valence-electron chi connectivity index (χ1n) is 9.96. The Hall–Kier alpha value is -3.88. The fraction of sp³-hybridized carbons (Fsp3) is 0.273. The van der Waals surface area contributed by atoms with Crippen molar-refractivity contribution < 1.29 is 19.2 Å². The summed E-state index contributed by atoms with van der Waals surface area (Å²) >= 11 is 0. The van der Waals surface area contributed by atoms with Crippen molar-refractivity contribution in [1.29, 1.82) is 0 Å². The van der Waals surface area contributed by atoms with Gasteiger partial charge in [0.2, 0.25) is 0 Å². The minimum absolute atomic E-state index is 0.149. The Morgan fingerprint density at radius 2 is 1.68 bits per heavy atom. The van der Waals surface area contributed by atoms with Gasteiger partial charge in [0.15, 0.2) is 6.61 Å². The maximum absolute atomic E-state index is 12.3. The first-order valence-corrected chi connectivity index (χ1v) is 9.96. The van der Waals surface area contributed by atoms with Crippen LogP contribution in [0, 0.1) is 0 Å². The van der Waals surface area contributed by atoms with Gasteiger partial charge in [-0.15, -0.1) is 0 Å². The number of hydrogen-bond donors (Lipinski definition) is 3. The molecule has 0 aromatic heterocycles. The number of nitrogens with one attached hydrogen (secondary N) is 3. The average Bonchev–Trinajstić information content (AvgIpc) is 2.79. The topological polar surface area (TPSA) is 112 Å². The molecule has 0 atom stereocenters. The number of anilines is 2. The SMILES string of the molecule is CNC(=O)c1cccc(NC(=O)CON=C2CCN(C(=O)Nc3ccccc3)CC2)c1. The van der Waals surface area contributed by atoms with Crippen LogP contribution >= 0.6 is 0 Å². The molecule has 0 bridgehead atoms. The third-order valence-corrected chi connectivity index (χ3v) is 4.68. The number of carbonyl (C=O) groups excluding carboxylic acids is 3. The average molecular weight is 423 g/mol. The number of piperidine rings is 1. The van der Waals surface area contributed by atoms with Crippen molar-refractivity contribution in [2.24, 2.45) is 5.16 Å². The highest BCUT2D eigenvalue weighted by atomic mass is 16.6. The van der Waals surface area contributed by atoms with Gasteiger partial charge in [0.1, 0.15) is 0 Å². The number of nitrogens with zero attached hydrogens (tertiary/aromatic N) is 2. The van der Waals surface area contributed by atoms with Gasteiger partial charge in [-0.25, -0.2) is 4.79 Å². The van der Waals surface area contributed by atoms with E-state index in [9.17, 15) is 14.4 Å². The molecule has 1 aliphatic rings. The van der Waals surface area contributed by atoms with Gasteiger partial charge in [0, 0.05) is 49.9 Å². The lowest BCUT2D eigenvalue weighted by Crippen LogP contribution is -2.41. The van der Waals surface area contributed by atoms with Crippen molar-refractivity contribution in [3.63, 3.8) is 0 Å². The number of rotatable bonds is 6. The van der Waals surface area contributed by atoms with Crippen LogP contribution in [-0.4, -0.2) is 55.2 Å². The molecule has 162 valence electrons. The molecule has 2 aromatic carbocycles. The summed E-state index contributed by atoms with van der Waals surface area (Å²) in [5, 5.41) is 12.1. The summed E-state index contributed by atoms with van der Waals surface area (Å²) in [4.78, 5) is 42.9. The smallest absolute Gasteiger partial charge is 0.321 e. The van der Waals surface area contributed by atoms with E-state index in [2.05, 4.69) is 21.1 Å². The van der Waals surface area contributed by atoms with Crippen molar-refractivity contribution in [1.82, 2.24) is 10.2 Å². The van der Waals surface area contributed by atoms with Gasteiger partial charge in [-0.1, -0.05) is 29.4 Å². The second-order valence-corrected chi connectivity index (χ2v) is 6.92. The van der Waals surface area contributed by atoms with Crippen molar-refractivity contribution >= 4 is 34.9 Å². The molecule has 2 aromatic rings. The van der Waals surface area contributed by atoms with Crippen LogP contribution in [0.4, 0.5) is 16.2 Å². The zero-order valence-corrected chi connectivity index (χ0v) is 17.3. The summed E-state index contributed by atoms with van der Waals surface area (Å²) in [5.74, 6) is -0.611. The number of urea groups is 1. The summed E-state index contributed by atoms with van der Waals surface area (Å²) < 4.78 is 0. The molecule has 0 aliphatic carbocycles. The van der Waals surface area contributed by atoms with Crippen LogP contribution in [0.5, 0.6) is 0 Å². The van der Waals surface area contributed by atoms with E-state index >= 15 is 0 Å². The van der Waals surface area contributed by atoms with E-state index in [1.807, 2.05) is 30.3 Å². The van der Waals surface area contributed by atoms with E-state index in [4.69, 9.17) is 4.84 Å². The van der Waals surface area contributed by atoms with Crippen molar-refractivity contribution in [2.45, 2.75) is 12.8 Å². The summed E-state index contributed by atoms with van der Waals surface area (Å²) in [6.45, 7) is 0.810. The van der Waals surface area contributed by atoms with Crippen molar-refractivity contribution in [3.05, 3.63) is 60.2 Å². The number of para-hydroxylation sites is 1. The maximum atomic E-state index is 12.3. The molecule has 4 amide bonds. The maximum Gasteiger partial charge on any atom is 0.321 e. The Kier molecular flexibility index (Phi) is 7.58. The molecule has 1 heterocycles. The van der Waals surface area contributed by atoms with Gasteiger partial charge in [-0.05, 0) is 30.3 Å². The number of benzene rings is 2. The number of amides is 4. The van der Waals surface area contributed by atoms with E-state index < -0.39 is 0 Å². The van der Waals surface area contributed by atoms with Crippen LogP contribution in [0.3, 0.4) is 0 Å². The fourth-order valence-electron chi connectivity index (χ4n) is 3.05. The molecule has 3 N–H and O–H groups in total. The molecule has 9 nitrogen and oxygen atoms in total. The molecule has 1 aliphatic heterocycles.